The van der Waals surface area contributed by atoms with Crippen molar-refractivity contribution in [3.05, 3.63) is 71.8 Å². The molecule has 0 saturated heterocycles. The van der Waals surface area contributed by atoms with Crippen molar-refractivity contribution in [1.29, 1.82) is 5.41 Å². The molecule has 20 heavy (non-hydrogen) atoms. The number of nitrogens with one attached hydrogen (secondary N) is 1. The van der Waals surface area contributed by atoms with Gasteiger partial charge in [0.15, 0.2) is 0 Å². The Balaban J connectivity index is 2.30. The predicted molar refractivity (Wildman–Crippen MR) is 81.0 cm³/mol. The summed E-state index contributed by atoms with van der Waals surface area (Å²) < 4.78 is 13.5. The maximum absolute atomic E-state index is 13.5. The van der Waals surface area contributed by atoms with E-state index in [2.05, 4.69) is 11.6 Å². The maximum Gasteiger partial charge on any atom is 0.132 e. The molecule has 2 rings (SSSR count). The largest absolute Gasteiger partial charge is 0.398 e. The molecule has 0 aliphatic rings. The fraction of sp³-hybridized carbons (Fsp3) is 0. The Bertz CT molecular complexity index is 676. The van der Waals surface area contributed by atoms with Crippen molar-refractivity contribution in [2.45, 2.75) is 0 Å². The zero-order valence-electron chi connectivity index (χ0n) is 10.8. The van der Waals surface area contributed by atoms with Gasteiger partial charge in [0.1, 0.15) is 5.82 Å². The first-order chi connectivity index (χ1) is 9.61. The number of rotatable bonds is 4. The summed E-state index contributed by atoms with van der Waals surface area (Å²) in [7, 11) is 0. The van der Waals surface area contributed by atoms with Crippen LogP contribution in [0.2, 0.25) is 0 Å². The summed E-state index contributed by atoms with van der Waals surface area (Å²) in [6.07, 6.45) is 8.12. The Morgan fingerprint density at radius 1 is 1.40 bits per heavy atom. The zero-order chi connectivity index (χ0) is 14.5. The molecule has 0 unspecified atom stereocenters. The average molecular weight is 267 g/mol. The summed E-state index contributed by atoms with van der Waals surface area (Å²) in [5.41, 5.74) is 7.87. The van der Waals surface area contributed by atoms with Gasteiger partial charge < -0.3 is 11.1 Å². The number of nitrogen functional groups attached to an aromatic ring is 1. The molecule has 1 aromatic carbocycles. The van der Waals surface area contributed by atoms with E-state index in [1.54, 1.807) is 24.5 Å². The van der Waals surface area contributed by atoms with Crippen LogP contribution in [0.5, 0.6) is 0 Å². The lowest BCUT2D eigenvalue weighted by atomic mass is 10.0. The third-order valence-corrected chi connectivity index (χ3v) is 2.81. The molecule has 0 amide bonds. The zero-order valence-corrected chi connectivity index (χ0v) is 10.8. The minimum atomic E-state index is -0.440. The molecule has 0 bridgehead atoms. The van der Waals surface area contributed by atoms with E-state index in [0.717, 1.165) is 5.56 Å². The van der Waals surface area contributed by atoms with Crippen molar-refractivity contribution in [2.75, 3.05) is 5.73 Å². The third-order valence-electron chi connectivity index (χ3n) is 2.81. The molecular weight excluding hydrogens is 253 g/mol. The molecular formula is C16H14FN3. The van der Waals surface area contributed by atoms with Gasteiger partial charge in [-0.05, 0) is 29.8 Å². The Morgan fingerprint density at radius 2 is 2.20 bits per heavy atom. The van der Waals surface area contributed by atoms with E-state index in [1.165, 1.54) is 18.2 Å². The number of hydrogen-bond donors (Lipinski definition) is 2. The normalized spacial score (nSPS) is 10.7. The van der Waals surface area contributed by atoms with E-state index in [0.29, 0.717) is 11.1 Å². The number of nitrogens with zero attached hydrogens (tertiary/aromatic N) is 1. The van der Waals surface area contributed by atoms with Gasteiger partial charge in [0.25, 0.3) is 0 Å². The van der Waals surface area contributed by atoms with Crippen LogP contribution >= 0.6 is 0 Å². The van der Waals surface area contributed by atoms with Crippen LogP contribution in [0.4, 0.5) is 10.1 Å². The quantitative estimate of drug-likeness (QED) is 0.657. The second-order valence-electron chi connectivity index (χ2n) is 4.20. The summed E-state index contributed by atoms with van der Waals surface area (Å²) in [6, 6.07) is 6.41. The minimum Gasteiger partial charge on any atom is -0.398 e. The molecule has 0 saturated carbocycles. The lowest BCUT2D eigenvalue weighted by Gasteiger charge is -2.07. The molecule has 3 N–H and O–H groups in total. The summed E-state index contributed by atoms with van der Waals surface area (Å²) in [5, 5.41) is 8.02. The number of hydrogen-bond acceptors (Lipinski definition) is 3. The highest BCUT2D eigenvalue weighted by Crippen LogP contribution is 2.20. The number of benzene rings is 1. The van der Waals surface area contributed by atoms with Gasteiger partial charge in [-0.2, -0.15) is 0 Å². The molecule has 2 aromatic rings. The van der Waals surface area contributed by atoms with E-state index in [1.807, 2.05) is 12.1 Å². The van der Waals surface area contributed by atoms with Gasteiger partial charge in [0.05, 0.1) is 5.71 Å². The molecule has 4 heteroatoms. The number of nitrogens with two attached hydrogens (primary N) is 1. The van der Waals surface area contributed by atoms with E-state index < -0.39 is 5.82 Å². The second kappa shape index (κ2) is 5.93. The number of halogens is 1. The molecule has 3 nitrogen and oxygen atoms in total. The van der Waals surface area contributed by atoms with Crippen LogP contribution in [0, 0.1) is 11.2 Å². The van der Waals surface area contributed by atoms with E-state index in [4.69, 9.17) is 11.1 Å². The predicted octanol–water partition coefficient (Wildman–Crippen LogP) is 3.53. The van der Waals surface area contributed by atoms with Crippen molar-refractivity contribution in [3.8, 4) is 0 Å². The van der Waals surface area contributed by atoms with Gasteiger partial charge in [-0.25, -0.2) is 4.39 Å². The lowest BCUT2D eigenvalue weighted by Crippen LogP contribution is -2.03. The summed E-state index contributed by atoms with van der Waals surface area (Å²) in [5.74, 6) is -0.440. The van der Waals surface area contributed by atoms with Crippen molar-refractivity contribution in [3.63, 3.8) is 0 Å². The standard InChI is InChI=1S/C16H14FN3/c1-2-12-8-13(16(19)9-14(12)17)15(18)6-5-11-4-3-7-20-10-11/h2-10,18H,1,19H2/b6-5+,18-15?. The maximum atomic E-state index is 13.5. The molecule has 0 spiro atoms. The smallest absolute Gasteiger partial charge is 0.132 e. The van der Waals surface area contributed by atoms with Gasteiger partial charge in [-0.1, -0.05) is 24.8 Å². The molecule has 1 heterocycles. The monoisotopic (exact) mass is 267 g/mol. The molecule has 0 radical (unpaired) electrons. The van der Waals surface area contributed by atoms with E-state index >= 15 is 0 Å². The first-order valence-corrected chi connectivity index (χ1v) is 6.00. The van der Waals surface area contributed by atoms with Crippen LogP contribution in [0.15, 0.2) is 49.3 Å². The third kappa shape index (κ3) is 2.98. The van der Waals surface area contributed by atoms with Crippen LogP contribution in [0.25, 0.3) is 12.2 Å². The van der Waals surface area contributed by atoms with Crippen molar-refractivity contribution in [1.82, 2.24) is 4.98 Å². The van der Waals surface area contributed by atoms with Gasteiger partial charge in [0.2, 0.25) is 0 Å². The molecule has 1 aromatic heterocycles. The van der Waals surface area contributed by atoms with Crippen LogP contribution < -0.4 is 5.73 Å². The summed E-state index contributed by atoms with van der Waals surface area (Å²) in [4.78, 5) is 3.98. The lowest BCUT2D eigenvalue weighted by molar-refractivity contribution is 0.625. The SMILES string of the molecule is C=Cc1cc(C(=N)/C=C/c2cccnc2)c(N)cc1F. The minimum absolute atomic E-state index is 0.203. The van der Waals surface area contributed by atoms with Crippen LogP contribution in [0.1, 0.15) is 16.7 Å². The molecule has 0 aliphatic heterocycles. The summed E-state index contributed by atoms with van der Waals surface area (Å²) >= 11 is 0. The highest BCUT2D eigenvalue weighted by atomic mass is 19.1. The first-order valence-electron chi connectivity index (χ1n) is 6.00. The highest BCUT2D eigenvalue weighted by molar-refractivity contribution is 6.12. The second-order valence-corrected chi connectivity index (χ2v) is 4.20. The topological polar surface area (TPSA) is 62.8 Å². The van der Waals surface area contributed by atoms with Gasteiger partial charge >= 0.3 is 0 Å². The highest BCUT2D eigenvalue weighted by Gasteiger charge is 2.08. The fourth-order valence-corrected chi connectivity index (χ4v) is 1.74. The fourth-order valence-electron chi connectivity index (χ4n) is 1.74. The molecule has 0 fully saturated rings. The number of allylic oxidation sites excluding steroid dienone is 1. The van der Waals surface area contributed by atoms with Crippen molar-refractivity contribution in [2.24, 2.45) is 0 Å². The van der Waals surface area contributed by atoms with Crippen LogP contribution in [-0.2, 0) is 0 Å². The number of pyridine rings is 1. The van der Waals surface area contributed by atoms with Crippen LogP contribution in [0.3, 0.4) is 0 Å². The number of aromatic nitrogens is 1. The van der Waals surface area contributed by atoms with Gasteiger partial charge in [0, 0.05) is 29.2 Å². The molecule has 0 aliphatic carbocycles. The molecule has 0 atom stereocenters. The first kappa shape index (κ1) is 13.7. The molecule has 100 valence electrons. The number of anilines is 1. The summed E-state index contributed by atoms with van der Waals surface area (Å²) in [6.45, 7) is 3.54. The van der Waals surface area contributed by atoms with Gasteiger partial charge in [-0.3, -0.25) is 4.98 Å². The van der Waals surface area contributed by atoms with E-state index in [9.17, 15) is 4.39 Å². The Morgan fingerprint density at radius 3 is 2.85 bits per heavy atom. The Kier molecular flexibility index (Phi) is 4.05. The van der Waals surface area contributed by atoms with Gasteiger partial charge in [-0.15, -0.1) is 0 Å². The van der Waals surface area contributed by atoms with Crippen molar-refractivity contribution < 1.29 is 4.39 Å². The van der Waals surface area contributed by atoms with Crippen molar-refractivity contribution >= 4 is 23.6 Å². The Labute approximate surface area is 116 Å². The Hall–Kier alpha value is -2.75. The van der Waals surface area contributed by atoms with E-state index in [-0.39, 0.29) is 11.4 Å². The average Bonchev–Trinajstić information content (AvgIpc) is 2.46. The van der Waals surface area contributed by atoms with Crippen LogP contribution in [-0.4, -0.2) is 10.7 Å².